The van der Waals surface area contributed by atoms with Gasteiger partial charge in [0.25, 0.3) is 0 Å². The highest BCUT2D eigenvalue weighted by molar-refractivity contribution is 6.30. The van der Waals surface area contributed by atoms with Gasteiger partial charge < -0.3 is 19.9 Å². The van der Waals surface area contributed by atoms with Crippen LogP contribution in [0.3, 0.4) is 0 Å². The van der Waals surface area contributed by atoms with Crippen LogP contribution in [-0.4, -0.2) is 30.3 Å². The van der Waals surface area contributed by atoms with E-state index in [2.05, 4.69) is 5.32 Å². The molecule has 2 aromatic rings. The maximum absolute atomic E-state index is 13.2. The van der Waals surface area contributed by atoms with Crippen LogP contribution in [-0.2, 0) is 19.1 Å². The molecule has 0 radical (unpaired) electrons. The van der Waals surface area contributed by atoms with Crippen molar-refractivity contribution in [1.82, 2.24) is 5.32 Å². The summed E-state index contributed by atoms with van der Waals surface area (Å²) in [5.41, 5.74) is 3.40. The number of rotatable bonds is 9. The Balaban J connectivity index is 2.07. The zero-order valence-corrected chi connectivity index (χ0v) is 20.4. The first-order valence-electron chi connectivity index (χ1n) is 11.4. The second kappa shape index (κ2) is 11.9. The summed E-state index contributed by atoms with van der Waals surface area (Å²) >= 11 is 6.10. The lowest BCUT2D eigenvalue weighted by molar-refractivity contribution is -0.139. The van der Waals surface area contributed by atoms with Crippen molar-refractivity contribution in [3.63, 3.8) is 0 Å². The van der Waals surface area contributed by atoms with Gasteiger partial charge in [-0.1, -0.05) is 54.1 Å². The first kappa shape index (κ1) is 25.5. The monoisotopic (exact) mass is 483 g/mol. The van der Waals surface area contributed by atoms with Gasteiger partial charge in [-0.3, -0.25) is 0 Å². The first-order chi connectivity index (χ1) is 16.4. The van der Waals surface area contributed by atoms with Crippen LogP contribution in [0.25, 0.3) is 0 Å². The van der Waals surface area contributed by atoms with Crippen molar-refractivity contribution in [1.29, 1.82) is 0 Å². The average Bonchev–Trinajstić information content (AvgIpc) is 2.83. The molecule has 0 saturated heterocycles. The maximum Gasteiger partial charge on any atom is 0.336 e. The average molecular weight is 484 g/mol. The fourth-order valence-electron chi connectivity index (χ4n) is 4.13. The highest BCUT2D eigenvalue weighted by Crippen LogP contribution is 2.41. The third-order valence-corrected chi connectivity index (χ3v) is 5.94. The number of aliphatic hydroxyl groups excluding tert-OH is 1. The van der Waals surface area contributed by atoms with Gasteiger partial charge in [0.15, 0.2) is 0 Å². The topological polar surface area (TPSA) is 84.9 Å². The highest BCUT2D eigenvalue weighted by atomic mass is 35.5. The Hall–Kier alpha value is -3.09. The number of carbonyl (C=O) groups excluding carboxylic acids is 2. The van der Waals surface area contributed by atoms with E-state index in [0.717, 1.165) is 11.1 Å². The Morgan fingerprint density at radius 1 is 0.971 bits per heavy atom. The van der Waals surface area contributed by atoms with E-state index in [1.54, 1.807) is 45.0 Å². The van der Waals surface area contributed by atoms with Crippen LogP contribution in [0.4, 0.5) is 0 Å². The molecule has 2 aromatic carbocycles. The van der Waals surface area contributed by atoms with Gasteiger partial charge in [-0.15, -0.1) is 0 Å². The summed E-state index contributed by atoms with van der Waals surface area (Å²) in [6, 6.07) is 16.4. The van der Waals surface area contributed by atoms with Gasteiger partial charge in [-0.25, -0.2) is 9.59 Å². The lowest BCUT2D eigenvalue weighted by atomic mass is 9.79. The van der Waals surface area contributed by atoms with E-state index in [0.29, 0.717) is 40.4 Å². The Kier molecular flexibility index (Phi) is 8.91. The molecule has 6 nitrogen and oxygen atoms in total. The van der Waals surface area contributed by atoms with Gasteiger partial charge in [0, 0.05) is 16.4 Å². The summed E-state index contributed by atoms with van der Waals surface area (Å²) in [5.74, 6) is -1.72. The van der Waals surface area contributed by atoms with E-state index >= 15 is 0 Å². The first-order valence-corrected chi connectivity index (χ1v) is 11.8. The number of carbonyl (C=O) groups is 2. The Bertz CT molecular complexity index is 1080. The van der Waals surface area contributed by atoms with Crippen molar-refractivity contribution in [3.05, 3.63) is 93.3 Å². The van der Waals surface area contributed by atoms with Gasteiger partial charge in [-0.05, 0) is 56.9 Å². The predicted octanol–water partition coefficient (Wildman–Crippen LogP) is 5.19. The minimum Gasteiger partial charge on any atom is -0.463 e. The molecule has 1 aliphatic heterocycles. The second-order valence-corrected chi connectivity index (χ2v) is 8.38. The number of benzene rings is 2. The maximum atomic E-state index is 13.2. The Morgan fingerprint density at radius 3 is 2.15 bits per heavy atom. The summed E-state index contributed by atoms with van der Waals surface area (Å²) in [6.07, 6.45) is 0.0514. The molecule has 0 aliphatic carbocycles. The van der Waals surface area contributed by atoms with Crippen molar-refractivity contribution in [2.75, 3.05) is 13.2 Å². The number of dihydropyridines is 1. The van der Waals surface area contributed by atoms with E-state index in [4.69, 9.17) is 21.1 Å². The molecule has 0 aromatic heterocycles. The lowest BCUT2D eigenvalue weighted by Gasteiger charge is -2.32. The molecule has 180 valence electrons. The number of hydrogen-bond donors (Lipinski definition) is 2. The third-order valence-electron chi connectivity index (χ3n) is 5.69. The van der Waals surface area contributed by atoms with Crippen molar-refractivity contribution >= 4 is 23.5 Å². The van der Waals surface area contributed by atoms with E-state index in [1.807, 2.05) is 30.3 Å². The number of halogens is 1. The number of esters is 2. The molecule has 0 spiro atoms. The number of aliphatic hydroxyl groups is 1. The van der Waals surface area contributed by atoms with E-state index in [1.165, 1.54) is 0 Å². The highest BCUT2D eigenvalue weighted by Gasteiger charge is 2.38. The molecule has 0 saturated carbocycles. The summed E-state index contributed by atoms with van der Waals surface area (Å²) in [6.45, 7) is 5.65. The van der Waals surface area contributed by atoms with E-state index in [9.17, 15) is 14.7 Å². The molecule has 7 heteroatoms. The number of allylic oxidation sites excluding steroid dienone is 2. The van der Waals surface area contributed by atoms with Crippen LogP contribution < -0.4 is 5.32 Å². The molecule has 34 heavy (non-hydrogen) atoms. The molecule has 0 amide bonds. The molecule has 2 N–H and O–H groups in total. The van der Waals surface area contributed by atoms with Crippen LogP contribution in [0.1, 0.15) is 56.8 Å². The van der Waals surface area contributed by atoms with Crippen molar-refractivity contribution < 1.29 is 24.2 Å². The van der Waals surface area contributed by atoms with Gasteiger partial charge in [0.2, 0.25) is 0 Å². The van der Waals surface area contributed by atoms with Crippen molar-refractivity contribution in [2.45, 2.75) is 45.6 Å². The van der Waals surface area contributed by atoms with Crippen molar-refractivity contribution in [2.24, 2.45) is 0 Å². The van der Waals surface area contributed by atoms with E-state index < -0.39 is 24.0 Å². The molecule has 1 heterocycles. The zero-order valence-electron chi connectivity index (χ0n) is 19.6. The SMILES string of the molecule is CCOC(=O)C1=C(C)NC(CCC(O)c2ccccc2)=C(C(=O)OCC)C1c1ccc(Cl)cc1. The van der Waals surface area contributed by atoms with Gasteiger partial charge >= 0.3 is 11.9 Å². The van der Waals surface area contributed by atoms with Gasteiger partial charge in [-0.2, -0.15) is 0 Å². The lowest BCUT2D eigenvalue weighted by Crippen LogP contribution is -2.33. The fourth-order valence-corrected chi connectivity index (χ4v) is 4.26. The smallest absolute Gasteiger partial charge is 0.336 e. The van der Waals surface area contributed by atoms with Crippen LogP contribution >= 0.6 is 11.6 Å². The molecular weight excluding hydrogens is 454 g/mol. The van der Waals surface area contributed by atoms with Crippen LogP contribution in [0, 0.1) is 0 Å². The third kappa shape index (κ3) is 5.88. The normalized spacial score (nSPS) is 16.7. The fraction of sp³-hybridized carbons (Fsp3) is 0.333. The molecule has 3 rings (SSSR count). The van der Waals surface area contributed by atoms with Crippen LogP contribution in [0.5, 0.6) is 0 Å². The quantitative estimate of drug-likeness (QED) is 0.477. The van der Waals surface area contributed by atoms with E-state index in [-0.39, 0.29) is 13.2 Å². The summed E-state index contributed by atoms with van der Waals surface area (Å²) in [7, 11) is 0. The van der Waals surface area contributed by atoms with Crippen molar-refractivity contribution in [3.8, 4) is 0 Å². The minimum atomic E-state index is -0.705. The minimum absolute atomic E-state index is 0.188. The van der Waals surface area contributed by atoms with Gasteiger partial charge in [0.1, 0.15) is 0 Å². The molecule has 2 unspecified atom stereocenters. The zero-order chi connectivity index (χ0) is 24.7. The predicted molar refractivity (Wildman–Crippen MR) is 131 cm³/mol. The molecule has 0 fully saturated rings. The number of nitrogens with one attached hydrogen (secondary N) is 1. The Labute approximate surface area is 205 Å². The Morgan fingerprint density at radius 2 is 1.56 bits per heavy atom. The summed E-state index contributed by atoms with van der Waals surface area (Å²) < 4.78 is 10.7. The standard InChI is InChI=1S/C27H30ClNO5/c1-4-33-26(31)23-17(3)29-21(15-16-22(30)18-9-7-6-8-10-18)25(27(32)34-5-2)24(23)19-11-13-20(28)14-12-19/h6-14,22,24,29-30H,4-5,15-16H2,1-3H3. The molecule has 1 aliphatic rings. The number of hydrogen-bond acceptors (Lipinski definition) is 6. The van der Waals surface area contributed by atoms with Crippen LogP contribution in [0.15, 0.2) is 77.1 Å². The summed E-state index contributed by atoms with van der Waals surface area (Å²) in [4.78, 5) is 26.2. The second-order valence-electron chi connectivity index (χ2n) is 7.95. The molecule has 2 atom stereocenters. The molecular formula is C27H30ClNO5. The largest absolute Gasteiger partial charge is 0.463 e. The van der Waals surface area contributed by atoms with Crippen LogP contribution in [0.2, 0.25) is 5.02 Å². The van der Waals surface area contributed by atoms with Gasteiger partial charge in [0.05, 0.1) is 36.4 Å². The summed E-state index contributed by atoms with van der Waals surface area (Å²) in [5, 5.41) is 14.5. The number of ether oxygens (including phenoxy) is 2. The molecule has 0 bridgehead atoms.